The standard InChI is InChI=1S/C20H26O4/c1-17-6-5-15-13(14(17)2-3-16(17)21)4-7-18-12-19(22-10-11-23-19)8-9-20(15,18)24-18/h5,10-11,13-14,16,21H,2-4,6-9,12H2,1H3/t13-,14-,16?,17-,18+,20+/m0/s1. The van der Waals surface area contributed by atoms with Gasteiger partial charge in [0.15, 0.2) is 0 Å². The van der Waals surface area contributed by atoms with Crippen LogP contribution >= 0.6 is 0 Å². The van der Waals surface area contributed by atoms with Crippen LogP contribution in [0, 0.1) is 17.3 Å². The van der Waals surface area contributed by atoms with Crippen molar-refractivity contribution >= 4 is 0 Å². The maximum atomic E-state index is 10.5. The topological polar surface area (TPSA) is 51.2 Å². The van der Waals surface area contributed by atoms with Crippen LogP contribution in [0.3, 0.4) is 0 Å². The molecule has 0 aromatic rings. The molecule has 2 aliphatic heterocycles. The van der Waals surface area contributed by atoms with Crippen molar-refractivity contribution in [2.24, 2.45) is 17.3 Å². The van der Waals surface area contributed by atoms with E-state index in [9.17, 15) is 5.11 Å². The summed E-state index contributed by atoms with van der Waals surface area (Å²) < 4.78 is 18.2. The summed E-state index contributed by atoms with van der Waals surface area (Å²) in [5, 5.41) is 10.5. The maximum Gasteiger partial charge on any atom is 0.252 e. The van der Waals surface area contributed by atoms with Gasteiger partial charge in [0.25, 0.3) is 5.79 Å². The number of ether oxygens (including phenoxy) is 3. The SMILES string of the molecule is C[C@]12CC=C3[C@@H](CC[C@@]45CC6(CC[C@@]34O5)OC=CO6)[C@@H]1CCC2O. The predicted molar refractivity (Wildman–Crippen MR) is 86.7 cm³/mol. The zero-order chi connectivity index (χ0) is 16.2. The fraction of sp³-hybridized carbons (Fsp3) is 0.800. The van der Waals surface area contributed by atoms with E-state index in [-0.39, 0.29) is 22.7 Å². The predicted octanol–water partition coefficient (Wildman–Crippen LogP) is 3.41. The van der Waals surface area contributed by atoms with Crippen LogP contribution in [-0.2, 0) is 14.2 Å². The van der Waals surface area contributed by atoms with E-state index in [1.54, 1.807) is 18.1 Å². The Hall–Kier alpha value is -1.00. The Labute approximate surface area is 142 Å². The van der Waals surface area contributed by atoms with Crippen molar-refractivity contribution in [1.82, 2.24) is 0 Å². The minimum Gasteiger partial charge on any atom is -0.457 e. The van der Waals surface area contributed by atoms with Crippen molar-refractivity contribution in [3.8, 4) is 0 Å². The quantitative estimate of drug-likeness (QED) is 0.546. The molecule has 0 aromatic carbocycles. The molecule has 0 bridgehead atoms. The molecule has 4 aliphatic carbocycles. The van der Waals surface area contributed by atoms with Gasteiger partial charge in [0.1, 0.15) is 23.7 Å². The van der Waals surface area contributed by atoms with E-state index in [0.29, 0.717) is 11.8 Å². The summed E-state index contributed by atoms with van der Waals surface area (Å²) >= 11 is 0. The monoisotopic (exact) mass is 330 g/mol. The fourth-order valence-electron chi connectivity index (χ4n) is 7.10. The van der Waals surface area contributed by atoms with E-state index < -0.39 is 5.79 Å². The molecule has 4 fully saturated rings. The number of fused-ring (bicyclic) bond motifs is 3. The lowest BCUT2D eigenvalue weighted by atomic mass is 9.54. The van der Waals surface area contributed by atoms with Crippen LogP contribution in [0.15, 0.2) is 24.2 Å². The first kappa shape index (κ1) is 14.2. The van der Waals surface area contributed by atoms with Crippen molar-refractivity contribution in [3.05, 3.63) is 24.2 Å². The van der Waals surface area contributed by atoms with Crippen LogP contribution in [0.4, 0.5) is 0 Å². The Balaban J connectivity index is 1.36. The first-order chi connectivity index (χ1) is 11.5. The average molecular weight is 330 g/mol. The molecule has 1 unspecified atom stereocenters. The van der Waals surface area contributed by atoms with E-state index >= 15 is 0 Å². The average Bonchev–Trinajstić information content (AvgIpc) is 2.88. The zero-order valence-electron chi connectivity index (χ0n) is 14.3. The molecular weight excluding hydrogens is 304 g/mol. The molecule has 1 spiro atoms. The first-order valence-electron chi connectivity index (χ1n) is 9.62. The molecule has 1 N–H and O–H groups in total. The summed E-state index contributed by atoms with van der Waals surface area (Å²) in [6.07, 6.45) is 13.9. The van der Waals surface area contributed by atoms with E-state index in [1.165, 1.54) is 12.8 Å². The largest absolute Gasteiger partial charge is 0.457 e. The van der Waals surface area contributed by atoms with Crippen LogP contribution in [0.5, 0.6) is 0 Å². The number of aliphatic hydroxyl groups is 1. The van der Waals surface area contributed by atoms with Crippen LogP contribution in [0.25, 0.3) is 0 Å². The van der Waals surface area contributed by atoms with Crippen molar-refractivity contribution < 1.29 is 19.3 Å². The number of epoxide rings is 1. The van der Waals surface area contributed by atoms with Crippen molar-refractivity contribution in [1.29, 1.82) is 0 Å². The molecule has 4 heteroatoms. The number of hydrogen-bond acceptors (Lipinski definition) is 4. The molecule has 2 heterocycles. The summed E-state index contributed by atoms with van der Waals surface area (Å²) in [7, 11) is 0. The van der Waals surface area contributed by atoms with Crippen LogP contribution in [0.2, 0.25) is 0 Å². The van der Waals surface area contributed by atoms with Crippen molar-refractivity contribution in [2.45, 2.75) is 81.4 Å². The number of rotatable bonds is 0. The van der Waals surface area contributed by atoms with Crippen LogP contribution in [-0.4, -0.2) is 28.2 Å². The molecule has 0 radical (unpaired) electrons. The summed E-state index contributed by atoms with van der Waals surface area (Å²) in [6, 6.07) is 0. The summed E-state index contributed by atoms with van der Waals surface area (Å²) in [5.74, 6) is 0.759. The molecule has 130 valence electrons. The van der Waals surface area contributed by atoms with Gasteiger partial charge in [-0.1, -0.05) is 13.0 Å². The Bertz CT molecular complexity index is 661. The third-order valence-electron chi connectivity index (χ3n) is 8.43. The first-order valence-corrected chi connectivity index (χ1v) is 9.62. The lowest BCUT2D eigenvalue weighted by Crippen LogP contribution is -2.52. The normalized spacial score (nSPS) is 55.6. The van der Waals surface area contributed by atoms with E-state index in [1.807, 2.05) is 0 Å². The molecule has 3 saturated carbocycles. The zero-order valence-corrected chi connectivity index (χ0v) is 14.3. The molecule has 1 saturated heterocycles. The highest BCUT2D eigenvalue weighted by Gasteiger charge is 2.79. The van der Waals surface area contributed by atoms with Gasteiger partial charge in [-0.3, -0.25) is 0 Å². The lowest BCUT2D eigenvalue weighted by molar-refractivity contribution is -0.171. The van der Waals surface area contributed by atoms with Gasteiger partial charge in [-0.25, -0.2) is 0 Å². The third kappa shape index (κ3) is 1.42. The Morgan fingerprint density at radius 3 is 2.75 bits per heavy atom. The smallest absolute Gasteiger partial charge is 0.252 e. The molecular formula is C20H26O4. The van der Waals surface area contributed by atoms with Gasteiger partial charge < -0.3 is 19.3 Å². The van der Waals surface area contributed by atoms with E-state index in [0.717, 1.165) is 38.5 Å². The Kier molecular flexibility index (Phi) is 2.39. The lowest BCUT2D eigenvalue weighted by Gasteiger charge is -2.49. The van der Waals surface area contributed by atoms with E-state index in [4.69, 9.17) is 14.2 Å². The second-order valence-corrected chi connectivity index (χ2v) is 9.23. The van der Waals surface area contributed by atoms with Crippen molar-refractivity contribution in [2.75, 3.05) is 0 Å². The molecule has 6 rings (SSSR count). The minimum absolute atomic E-state index is 0.0502. The molecule has 6 atom stereocenters. The van der Waals surface area contributed by atoms with Gasteiger partial charge in [0.2, 0.25) is 0 Å². The minimum atomic E-state index is -0.472. The highest BCUT2D eigenvalue weighted by Crippen LogP contribution is 2.73. The van der Waals surface area contributed by atoms with Gasteiger partial charge in [-0.2, -0.15) is 0 Å². The van der Waals surface area contributed by atoms with Gasteiger partial charge >= 0.3 is 0 Å². The highest BCUT2D eigenvalue weighted by molar-refractivity contribution is 5.43. The van der Waals surface area contributed by atoms with Gasteiger partial charge in [-0.15, -0.1) is 0 Å². The fourth-order valence-corrected chi connectivity index (χ4v) is 7.10. The summed E-state index contributed by atoms with van der Waals surface area (Å²) in [4.78, 5) is 0. The molecule has 4 nitrogen and oxygen atoms in total. The third-order valence-corrected chi connectivity index (χ3v) is 8.43. The number of hydrogen-bond donors (Lipinski definition) is 1. The second-order valence-electron chi connectivity index (χ2n) is 9.23. The molecule has 24 heavy (non-hydrogen) atoms. The van der Waals surface area contributed by atoms with Crippen LogP contribution < -0.4 is 0 Å². The Morgan fingerprint density at radius 2 is 1.92 bits per heavy atom. The number of allylic oxidation sites excluding steroid dienone is 1. The van der Waals surface area contributed by atoms with Gasteiger partial charge in [-0.05, 0) is 55.9 Å². The molecule has 6 aliphatic rings. The second kappa shape index (κ2) is 4.04. The Morgan fingerprint density at radius 1 is 1.08 bits per heavy atom. The maximum absolute atomic E-state index is 10.5. The van der Waals surface area contributed by atoms with Gasteiger partial charge in [0, 0.05) is 11.8 Å². The summed E-state index contributed by atoms with van der Waals surface area (Å²) in [5.41, 5.74) is 1.53. The molecule has 0 aromatic heterocycles. The number of aliphatic hydroxyl groups excluding tert-OH is 1. The summed E-state index contributed by atoms with van der Waals surface area (Å²) in [6.45, 7) is 2.30. The molecule has 0 amide bonds. The van der Waals surface area contributed by atoms with E-state index in [2.05, 4.69) is 13.0 Å². The van der Waals surface area contributed by atoms with Gasteiger partial charge in [0.05, 0.1) is 12.5 Å². The highest BCUT2D eigenvalue weighted by atomic mass is 16.7. The van der Waals surface area contributed by atoms with Crippen molar-refractivity contribution in [3.63, 3.8) is 0 Å². The van der Waals surface area contributed by atoms with Crippen LogP contribution in [0.1, 0.15) is 58.3 Å².